The summed E-state index contributed by atoms with van der Waals surface area (Å²) in [5.74, 6) is 2.27. The normalized spacial score (nSPS) is 18.4. The molecular weight excluding hydrogens is 395 g/mol. The average molecular weight is 416 g/mol. The molecule has 7 heteroatoms. The van der Waals surface area contributed by atoms with E-state index in [0.29, 0.717) is 17.3 Å². The molecule has 1 saturated carbocycles. The minimum absolute atomic E-state index is 0.0826. The number of hydrogen-bond donors (Lipinski definition) is 1. The number of ether oxygens (including phenoxy) is 1. The van der Waals surface area contributed by atoms with Gasteiger partial charge in [-0.05, 0) is 55.7 Å². The summed E-state index contributed by atoms with van der Waals surface area (Å²) in [5, 5.41) is 0. The number of nitrogen functional groups attached to an aromatic ring is 1. The topological polar surface area (TPSA) is 82.5 Å². The van der Waals surface area contributed by atoms with Crippen LogP contribution in [0.3, 0.4) is 0 Å². The van der Waals surface area contributed by atoms with Gasteiger partial charge in [-0.3, -0.25) is 4.40 Å². The van der Waals surface area contributed by atoms with Crippen molar-refractivity contribution in [2.45, 2.75) is 25.2 Å². The van der Waals surface area contributed by atoms with E-state index in [1.165, 1.54) is 12.1 Å². The predicted molar refractivity (Wildman–Crippen MR) is 115 cm³/mol. The molecule has 0 radical (unpaired) electrons. The number of anilines is 1. The highest BCUT2D eigenvalue weighted by atomic mass is 19.1. The Bertz CT molecular complexity index is 1250. The molecule has 2 heterocycles. The van der Waals surface area contributed by atoms with E-state index in [0.717, 1.165) is 48.1 Å². The molecule has 0 bridgehead atoms. The second kappa shape index (κ2) is 7.83. The maximum absolute atomic E-state index is 13.4. The Morgan fingerprint density at radius 1 is 1.13 bits per heavy atom. The average Bonchev–Trinajstić information content (AvgIpc) is 3.40. The maximum Gasteiger partial charge on any atom is 0.150 e. The number of nitrogens with zero attached hydrogens (tertiary/aromatic N) is 3. The van der Waals surface area contributed by atoms with Crippen molar-refractivity contribution < 1.29 is 13.9 Å². The number of aromatic nitrogens is 3. The van der Waals surface area contributed by atoms with Crippen LogP contribution in [0, 0.1) is 11.7 Å². The first kappa shape index (κ1) is 19.2. The molecule has 156 valence electrons. The molecule has 1 aliphatic rings. The molecule has 2 aromatic heterocycles. The number of carbonyl (C=O) groups excluding carboxylic acids is 1. The lowest BCUT2D eigenvalue weighted by Crippen LogP contribution is -2.03. The minimum atomic E-state index is -0.349. The Balaban J connectivity index is 1.50. The summed E-state index contributed by atoms with van der Waals surface area (Å²) >= 11 is 0. The molecule has 0 aliphatic heterocycles. The summed E-state index contributed by atoms with van der Waals surface area (Å²) in [7, 11) is 0. The van der Waals surface area contributed by atoms with E-state index in [1.807, 2.05) is 34.9 Å². The van der Waals surface area contributed by atoms with Crippen LogP contribution >= 0.6 is 0 Å². The zero-order valence-corrected chi connectivity index (χ0v) is 16.7. The molecule has 6 nitrogen and oxygen atoms in total. The molecule has 2 N–H and O–H groups in total. The van der Waals surface area contributed by atoms with E-state index in [9.17, 15) is 9.18 Å². The Labute approximate surface area is 178 Å². The number of fused-ring (bicyclic) bond motifs is 1. The fraction of sp³-hybridized carbons (Fsp3) is 0.208. The fourth-order valence-corrected chi connectivity index (χ4v) is 4.30. The zero-order chi connectivity index (χ0) is 21.4. The Morgan fingerprint density at radius 2 is 1.97 bits per heavy atom. The second-order valence-electron chi connectivity index (χ2n) is 7.84. The van der Waals surface area contributed by atoms with Gasteiger partial charge in [0.25, 0.3) is 0 Å². The Hall–Kier alpha value is -3.74. The number of halogens is 1. The van der Waals surface area contributed by atoms with Crippen LogP contribution in [0.25, 0.3) is 16.8 Å². The monoisotopic (exact) mass is 416 g/mol. The minimum Gasteiger partial charge on any atom is -0.457 e. The van der Waals surface area contributed by atoms with E-state index < -0.39 is 0 Å². The summed E-state index contributed by atoms with van der Waals surface area (Å²) in [6.45, 7) is 0. The molecule has 0 amide bonds. The Kier molecular flexibility index (Phi) is 4.86. The standard InChI is InChI=1S/C24H21FN4O2/c25-18-2-1-3-20(13-18)31-19-8-6-16(7-9-19)21-22-23(26)27-10-11-29(22)24(28-21)17-5-4-15(12-17)14-30/h1-3,6-11,13-15,17H,4-5,12H2,(H2,26,27). The first-order chi connectivity index (χ1) is 15.1. The van der Waals surface area contributed by atoms with Crippen LogP contribution in [-0.4, -0.2) is 20.7 Å². The summed E-state index contributed by atoms with van der Waals surface area (Å²) in [6, 6.07) is 13.4. The number of carbonyl (C=O) groups is 1. The summed E-state index contributed by atoms with van der Waals surface area (Å²) in [5.41, 5.74) is 8.59. The number of imidazole rings is 1. The van der Waals surface area contributed by atoms with Crippen molar-refractivity contribution >= 4 is 17.6 Å². The molecule has 2 aromatic carbocycles. The molecule has 5 rings (SSSR count). The highest BCUT2D eigenvalue weighted by Crippen LogP contribution is 2.40. The van der Waals surface area contributed by atoms with Crippen molar-refractivity contribution in [3.05, 3.63) is 72.6 Å². The molecule has 0 saturated heterocycles. The molecule has 2 unspecified atom stereocenters. The third-order valence-corrected chi connectivity index (χ3v) is 5.80. The maximum atomic E-state index is 13.4. The molecule has 1 fully saturated rings. The summed E-state index contributed by atoms with van der Waals surface area (Å²) in [4.78, 5) is 20.4. The molecule has 31 heavy (non-hydrogen) atoms. The predicted octanol–water partition coefficient (Wildman–Crippen LogP) is 4.99. The number of aldehydes is 1. The van der Waals surface area contributed by atoms with Gasteiger partial charge in [0.1, 0.15) is 46.5 Å². The lowest BCUT2D eigenvalue weighted by molar-refractivity contribution is -0.110. The number of nitrogens with two attached hydrogens (primary N) is 1. The van der Waals surface area contributed by atoms with Crippen molar-refractivity contribution in [1.82, 2.24) is 14.4 Å². The summed E-state index contributed by atoms with van der Waals surface area (Å²) in [6.07, 6.45) is 7.18. The van der Waals surface area contributed by atoms with E-state index >= 15 is 0 Å². The van der Waals surface area contributed by atoms with Crippen molar-refractivity contribution in [2.24, 2.45) is 5.92 Å². The molecule has 1 aliphatic carbocycles. The van der Waals surface area contributed by atoms with Gasteiger partial charge in [-0.2, -0.15) is 0 Å². The van der Waals surface area contributed by atoms with Gasteiger partial charge in [-0.15, -0.1) is 0 Å². The number of benzene rings is 2. The van der Waals surface area contributed by atoms with Gasteiger partial charge in [0.15, 0.2) is 0 Å². The van der Waals surface area contributed by atoms with Crippen LogP contribution < -0.4 is 10.5 Å². The van der Waals surface area contributed by atoms with Gasteiger partial charge in [0, 0.05) is 35.9 Å². The van der Waals surface area contributed by atoms with E-state index in [2.05, 4.69) is 4.98 Å². The zero-order valence-electron chi connectivity index (χ0n) is 16.7. The van der Waals surface area contributed by atoms with Gasteiger partial charge < -0.3 is 15.3 Å². The van der Waals surface area contributed by atoms with Crippen molar-refractivity contribution in [1.29, 1.82) is 0 Å². The van der Waals surface area contributed by atoms with Crippen molar-refractivity contribution in [3.63, 3.8) is 0 Å². The first-order valence-electron chi connectivity index (χ1n) is 10.2. The largest absolute Gasteiger partial charge is 0.457 e. The van der Waals surface area contributed by atoms with Gasteiger partial charge in [-0.1, -0.05) is 6.07 Å². The fourth-order valence-electron chi connectivity index (χ4n) is 4.30. The molecule has 2 atom stereocenters. The quantitative estimate of drug-likeness (QED) is 0.463. The van der Waals surface area contributed by atoms with Crippen LogP contribution in [0.4, 0.5) is 10.2 Å². The van der Waals surface area contributed by atoms with E-state index in [4.69, 9.17) is 15.5 Å². The molecular formula is C24H21FN4O2. The summed E-state index contributed by atoms with van der Waals surface area (Å²) < 4.78 is 21.1. The third-order valence-electron chi connectivity index (χ3n) is 5.80. The van der Waals surface area contributed by atoms with Crippen LogP contribution in [0.15, 0.2) is 60.9 Å². The van der Waals surface area contributed by atoms with Gasteiger partial charge in [-0.25, -0.2) is 14.4 Å². The molecule has 0 spiro atoms. The van der Waals surface area contributed by atoms with Gasteiger partial charge in [0.2, 0.25) is 0 Å². The van der Waals surface area contributed by atoms with E-state index in [1.54, 1.807) is 18.3 Å². The second-order valence-corrected chi connectivity index (χ2v) is 7.84. The lowest BCUT2D eigenvalue weighted by Gasteiger charge is -2.08. The van der Waals surface area contributed by atoms with Crippen LogP contribution in [0.1, 0.15) is 31.0 Å². The smallest absolute Gasteiger partial charge is 0.150 e. The lowest BCUT2D eigenvalue weighted by atomic mass is 10.1. The van der Waals surface area contributed by atoms with Crippen LogP contribution in [-0.2, 0) is 4.79 Å². The first-order valence-corrected chi connectivity index (χ1v) is 10.2. The van der Waals surface area contributed by atoms with Crippen molar-refractivity contribution in [2.75, 3.05) is 5.73 Å². The highest BCUT2D eigenvalue weighted by Gasteiger charge is 2.30. The van der Waals surface area contributed by atoms with Gasteiger partial charge in [0.05, 0.1) is 0 Å². The Morgan fingerprint density at radius 3 is 2.71 bits per heavy atom. The van der Waals surface area contributed by atoms with Crippen LogP contribution in [0.2, 0.25) is 0 Å². The third kappa shape index (κ3) is 3.63. The number of hydrogen-bond acceptors (Lipinski definition) is 5. The van der Waals surface area contributed by atoms with Crippen LogP contribution in [0.5, 0.6) is 11.5 Å². The van der Waals surface area contributed by atoms with E-state index in [-0.39, 0.29) is 17.7 Å². The highest BCUT2D eigenvalue weighted by molar-refractivity contribution is 5.85. The van der Waals surface area contributed by atoms with Crippen molar-refractivity contribution in [3.8, 4) is 22.8 Å². The van der Waals surface area contributed by atoms with Gasteiger partial charge >= 0.3 is 0 Å². The molecule has 4 aromatic rings. The SMILES string of the molecule is Nc1nccn2c(C3CCC(C=O)C3)nc(-c3ccc(Oc4cccc(F)c4)cc3)c12. The number of rotatable bonds is 5.